The topological polar surface area (TPSA) is 41.5 Å². The predicted molar refractivity (Wildman–Crippen MR) is 72.9 cm³/mol. The van der Waals surface area contributed by atoms with E-state index in [-0.39, 0.29) is 23.9 Å². The zero-order valence-electron chi connectivity index (χ0n) is 11.6. The van der Waals surface area contributed by atoms with E-state index in [9.17, 15) is 13.9 Å². The normalized spacial score (nSPS) is 24.6. The van der Waals surface area contributed by atoms with Crippen molar-refractivity contribution >= 4 is 0 Å². The lowest BCUT2D eigenvalue weighted by molar-refractivity contribution is -0.0507. The van der Waals surface area contributed by atoms with Crippen LogP contribution < -0.4 is 10.1 Å². The molecule has 3 nitrogen and oxygen atoms in total. The van der Waals surface area contributed by atoms with Crippen LogP contribution in [0, 0.1) is 0 Å². The summed E-state index contributed by atoms with van der Waals surface area (Å²) >= 11 is 0. The van der Waals surface area contributed by atoms with Crippen LogP contribution in [0.2, 0.25) is 0 Å². The summed E-state index contributed by atoms with van der Waals surface area (Å²) in [5, 5.41) is 13.1. The lowest BCUT2D eigenvalue weighted by atomic mass is 9.92. The second kappa shape index (κ2) is 6.99. The number of aliphatic hydroxyl groups excluding tert-OH is 1. The minimum atomic E-state index is -2.82. The van der Waals surface area contributed by atoms with Crippen molar-refractivity contribution in [3.63, 3.8) is 0 Å². The van der Waals surface area contributed by atoms with Crippen molar-refractivity contribution in [1.29, 1.82) is 0 Å². The van der Waals surface area contributed by atoms with Gasteiger partial charge in [-0.05, 0) is 38.7 Å². The first-order valence-electron chi connectivity index (χ1n) is 7.04. The average Bonchev–Trinajstić information content (AvgIpc) is 2.38. The third kappa shape index (κ3) is 4.15. The van der Waals surface area contributed by atoms with Gasteiger partial charge in [-0.15, -0.1) is 0 Å². The van der Waals surface area contributed by atoms with Crippen LogP contribution in [0.25, 0.3) is 0 Å². The molecule has 3 unspecified atom stereocenters. The Labute approximate surface area is 117 Å². The van der Waals surface area contributed by atoms with E-state index in [1.165, 1.54) is 0 Å². The van der Waals surface area contributed by atoms with Gasteiger partial charge in [-0.3, -0.25) is 0 Å². The fourth-order valence-corrected chi connectivity index (χ4v) is 2.80. The van der Waals surface area contributed by atoms with E-state index in [0.29, 0.717) is 12.0 Å². The Kier molecular flexibility index (Phi) is 5.31. The molecule has 1 aliphatic carbocycles. The summed E-state index contributed by atoms with van der Waals surface area (Å²) in [6, 6.07) is 6.94. The molecule has 1 fully saturated rings. The molecule has 112 valence electrons. The number of halogens is 2. The fourth-order valence-electron chi connectivity index (χ4n) is 2.80. The smallest absolute Gasteiger partial charge is 0.387 e. The van der Waals surface area contributed by atoms with E-state index < -0.39 is 6.61 Å². The molecular weight excluding hydrogens is 264 g/mol. The number of nitrogens with one attached hydrogen (secondary N) is 1. The van der Waals surface area contributed by atoms with Crippen LogP contribution in [0.15, 0.2) is 24.3 Å². The third-order valence-corrected chi connectivity index (χ3v) is 3.73. The first-order valence-corrected chi connectivity index (χ1v) is 7.04. The number of hydrogen-bond acceptors (Lipinski definition) is 3. The van der Waals surface area contributed by atoms with Gasteiger partial charge in [-0.25, -0.2) is 0 Å². The largest absolute Gasteiger partial charge is 0.434 e. The van der Waals surface area contributed by atoms with Crippen LogP contribution in [0.3, 0.4) is 0 Å². The molecule has 1 aromatic rings. The lowest BCUT2D eigenvalue weighted by Gasteiger charge is -2.30. The number of ether oxygens (including phenoxy) is 1. The Morgan fingerprint density at radius 1 is 1.30 bits per heavy atom. The van der Waals surface area contributed by atoms with Crippen molar-refractivity contribution in [1.82, 2.24) is 5.32 Å². The molecule has 0 heterocycles. The number of benzene rings is 1. The molecule has 0 amide bonds. The van der Waals surface area contributed by atoms with Gasteiger partial charge in [0, 0.05) is 17.6 Å². The average molecular weight is 285 g/mol. The number of rotatable bonds is 5. The van der Waals surface area contributed by atoms with Gasteiger partial charge in [0.25, 0.3) is 0 Å². The Hall–Kier alpha value is -1.20. The van der Waals surface area contributed by atoms with E-state index in [1.807, 2.05) is 13.0 Å². The van der Waals surface area contributed by atoms with Crippen LogP contribution in [-0.2, 0) is 0 Å². The molecule has 0 bridgehead atoms. The van der Waals surface area contributed by atoms with Crippen LogP contribution in [0.4, 0.5) is 8.78 Å². The predicted octanol–water partition coefficient (Wildman–Crippen LogP) is 3.24. The van der Waals surface area contributed by atoms with Crippen molar-refractivity contribution in [2.24, 2.45) is 0 Å². The van der Waals surface area contributed by atoms with Crippen molar-refractivity contribution in [2.45, 2.75) is 57.4 Å². The van der Waals surface area contributed by atoms with Crippen LogP contribution in [0.5, 0.6) is 5.75 Å². The Morgan fingerprint density at radius 2 is 2.05 bits per heavy atom. The number of aliphatic hydroxyl groups is 1. The van der Waals surface area contributed by atoms with Crippen LogP contribution >= 0.6 is 0 Å². The molecule has 0 aliphatic heterocycles. The SMILES string of the molecule is CC(NC1CCCC(O)C1)c1ccccc1OC(F)F. The van der Waals surface area contributed by atoms with E-state index in [2.05, 4.69) is 10.1 Å². The second-order valence-corrected chi connectivity index (χ2v) is 5.32. The van der Waals surface area contributed by atoms with Crippen molar-refractivity contribution in [3.05, 3.63) is 29.8 Å². The Morgan fingerprint density at radius 3 is 2.75 bits per heavy atom. The fraction of sp³-hybridized carbons (Fsp3) is 0.600. The molecule has 1 aliphatic rings. The summed E-state index contributed by atoms with van der Waals surface area (Å²) in [6.07, 6.45) is 3.28. The minimum absolute atomic E-state index is 0.0970. The summed E-state index contributed by atoms with van der Waals surface area (Å²) in [5.41, 5.74) is 0.716. The minimum Gasteiger partial charge on any atom is -0.434 e. The van der Waals surface area contributed by atoms with Crippen LogP contribution in [-0.4, -0.2) is 23.9 Å². The molecule has 5 heteroatoms. The van der Waals surface area contributed by atoms with Gasteiger partial charge in [0.1, 0.15) is 5.75 Å². The molecule has 20 heavy (non-hydrogen) atoms. The molecule has 2 N–H and O–H groups in total. The van der Waals surface area contributed by atoms with Gasteiger partial charge in [-0.2, -0.15) is 8.78 Å². The number of alkyl halides is 2. The molecule has 0 spiro atoms. The molecule has 1 aromatic carbocycles. The van der Waals surface area contributed by atoms with Gasteiger partial charge >= 0.3 is 6.61 Å². The maximum Gasteiger partial charge on any atom is 0.387 e. The summed E-state index contributed by atoms with van der Waals surface area (Å²) in [5.74, 6) is 0.207. The van der Waals surface area contributed by atoms with Crippen molar-refractivity contribution in [2.75, 3.05) is 0 Å². The van der Waals surface area contributed by atoms with Crippen LogP contribution in [0.1, 0.15) is 44.2 Å². The highest BCUT2D eigenvalue weighted by Gasteiger charge is 2.23. The first kappa shape index (κ1) is 15.2. The van der Waals surface area contributed by atoms with Gasteiger partial charge in [-0.1, -0.05) is 18.2 Å². The zero-order chi connectivity index (χ0) is 14.5. The zero-order valence-corrected chi connectivity index (χ0v) is 11.6. The van der Waals surface area contributed by atoms with E-state index in [0.717, 1.165) is 19.3 Å². The monoisotopic (exact) mass is 285 g/mol. The summed E-state index contributed by atoms with van der Waals surface area (Å²) in [4.78, 5) is 0. The van der Waals surface area contributed by atoms with Gasteiger partial charge in [0.2, 0.25) is 0 Å². The third-order valence-electron chi connectivity index (χ3n) is 3.73. The van der Waals surface area contributed by atoms with Crippen molar-refractivity contribution in [3.8, 4) is 5.75 Å². The molecule has 2 rings (SSSR count). The molecule has 3 atom stereocenters. The van der Waals surface area contributed by atoms with Gasteiger partial charge in [0.05, 0.1) is 6.10 Å². The summed E-state index contributed by atoms with van der Waals surface area (Å²) < 4.78 is 29.4. The standard InChI is InChI=1S/C15H21F2NO2/c1-10(18-11-5-4-6-12(19)9-11)13-7-2-3-8-14(13)20-15(16)17/h2-3,7-8,10-12,15,18-19H,4-6,9H2,1H3. The Balaban J connectivity index is 2.02. The molecule has 0 radical (unpaired) electrons. The maximum absolute atomic E-state index is 12.4. The van der Waals surface area contributed by atoms with Gasteiger partial charge < -0.3 is 15.2 Å². The van der Waals surface area contributed by atoms with E-state index in [4.69, 9.17) is 0 Å². The highest BCUT2D eigenvalue weighted by Crippen LogP contribution is 2.28. The summed E-state index contributed by atoms with van der Waals surface area (Å²) in [6.45, 7) is -0.894. The molecular formula is C15H21F2NO2. The van der Waals surface area contributed by atoms with E-state index in [1.54, 1.807) is 18.2 Å². The van der Waals surface area contributed by atoms with Gasteiger partial charge in [0.15, 0.2) is 0 Å². The number of para-hydroxylation sites is 1. The second-order valence-electron chi connectivity index (χ2n) is 5.32. The Bertz CT molecular complexity index is 428. The molecule has 0 aromatic heterocycles. The lowest BCUT2D eigenvalue weighted by Crippen LogP contribution is -2.37. The van der Waals surface area contributed by atoms with E-state index >= 15 is 0 Å². The molecule has 0 saturated heterocycles. The number of hydrogen-bond donors (Lipinski definition) is 2. The first-order chi connectivity index (χ1) is 9.56. The maximum atomic E-state index is 12.4. The molecule has 1 saturated carbocycles. The summed E-state index contributed by atoms with van der Waals surface area (Å²) in [7, 11) is 0. The quantitative estimate of drug-likeness (QED) is 0.872. The van der Waals surface area contributed by atoms with Crippen molar-refractivity contribution < 1.29 is 18.6 Å². The highest BCUT2D eigenvalue weighted by molar-refractivity contribution is 5.35. The highest BCUT2D eigenvalue weighted by atomic mass is 19.3.